The van der Waals surface area contributed by atoms with Crippen molar-refractivity contribution in [3.63, 3.8) is 0 Å². The molecule has 3 aromatic carbocycles. The molecule has 0 radical (unpaired) electrons. The van der Waals surface area contributed by atoms with E-state index in [0.717, 1.165) is 0 Å². The van der Waals surface area contributed by atoms with Crippen LogP contribution in [0.25, 0.3) is 0 Å². The Labute approximate surface area is 166 Å². The molecule has 3 aromatic rings. The minimum atomic E-state index is -1.15. The number of amides is 1. The molecular formula is C22H17NO6. The normalized spacial score (nSPS) is 12.1. The van der Waals surface area contributed by atoms with Gasteiger partial charge >= 0.3 is 5.97 Å². The molecule has 2 N–H and O–H groups in total. The van der Waals surface area contributed by atoms with Crippen LogP contribution in [0.5, 0.6) is 23.0 Å². The molecule has 1 aliphatic heterocycles. The van der Waals surface area contributed by atoms with Crippen molar-refractivity contribution in [2.75, 3.05) is 18.5 Å². The summed E-state index contributed by atoms with van der Waals surface area (Å²) >= 11 is 0. The molecule has 146 valence electrons. The van der Waals surface area contributed by atoms with Gasteiger partial charge in [-0.2, -0.15) is 0 Å². The molecule has 0 unspecified atom stereocenters. The molecule has 0 saturated carbocycles. The average Bonchev–Trinajstić information content (AvgIpc) is 2.74. The number of hydrogen-bond acceptors (Lipinski definition) is 5. The molecule has 0 bridgehead atoms. The van der Waals surface area contributed by atoms with Gasteiger partial charge in [0.1, 0.15) is 24.7 Å². The highest BCUT2D eigenvalue weighted by molar-refractivity contribution is 6.07. The highest BCUT2D eigenvalue weighted by Gasteiger charge is 2.16. The van der Waals surface area contributed by atoms with E-state index in [-0.39, 0.29) is 11.3 Å². The molecule has 4 rings (SSSR count). The Morgan fingerprint density at radius 2 is 1.55 bits per heavy atom. The summed E-state index contributed by atoms with van der Waals surface area (Å²) < 4.78 is 16.8. The van der Waals surface area contributed by atoms with Crippen LogP contribution in [0, 0.1) is 0 Å². The van der Waals surface area contributed by atoms with Crippen LogP contribution >= 0.6 is 0 Å². The Hall–Kier alpha value is -4.00. The first-order valence-corrected chi connectivity index (χ1v) is 8.91. The third-order valence-corrected chi connectivity index (χ3v) is 4.25. The maximum absolute atomic E-state index is 12.4. The second-order valence-electron chi connectivity index (χ2n) is 6.24. The third-order valence-electron chi connectivity index (χ3n) is 4.25. The molecule has 0 saturated heterocycles. The molecule has 29 heavy (non-hydrogen) atoms. The summed E-state index contributed by atoms with van der Waals surface area (Å²) in [5.41, 5.74) is 0.521. The van der Waals surface area contributed by atoms with Gasteiger partial charge in [0.2, 0.25) is 0 Å². The lowest BCUT2D eigenvalue weighted by Crippen LogP contribution is -2.15. The first-order chi connectivity index (χ1) is 14.1. The van der Waals surface area contributed by atoms with Crippen molar-refractivity contribution in [1.82, 2.24) is 0 Å². The summed E-state index contributed by atoms with van der Waals surface area (Å²) in [5.74, 6) is 0.519. The lowest BCUT2D eigenvalue weighted by Gasteiger charge is -2.19. The van der Waals surface area contributed by atoms with Gasteiger partial charge in [-0.25, -0.2) is 4.79 Å². The van der Waals surface area contributed by atoms with Crippen LogP contribution in [0.2, 0.25) is 0 Å². The zero-order valence-electron chi connectivity index (χ0n) is 15.3. The number of anilines is 1. The van der Waals surface area contributed by atoms with Gasteiger partial charge in [-0.1, -0.05) is 18.2 Å². The number of carbonyl (C=O) groups is 2. The Balaban J connectivity index is 1.59. The second-order valence-corrected chi connectivity index (χ2v) is 6.24. The van der Waals surface area contributed by atoms with Crippen LogP contribution in [0.4, 0.5) is 5.69 Å². The molecule has 0 aliphatic carbocycles. The first kappa shape index (κ1) is 18.4. The van der Waals surface area contributed by atoms with E-state index < -0.39 is 11.9 Å². The van der Waals surface area contributed by atoms with E-state index in [0.29, 0.717) is 41.8 Å². The quantitative estimate of drug-likeness (QED) is 0.677. The molecule has 0 atom stereocenters. The van der Waals surface area contributed by atoms with E-state index in [1.54, 1.807) is 48.5 Å². The molecular weight excluding hydrogens is 374 g/mol. The maximum Gasteiger partial charge on any atom is 0.337 e. The summed E-state index contributed by atoms with van der Waals surface area (Å²) in [6.07, 6.45) is 0. The number of nitrogens with one attached hydrogen (secondary N) is 1. The minimum absolute atomic E-state index is 0.0381. The fourth-order valence-electron chi connectivity index (χ4n) is 2.88. The van der Waals surface area contributed by atoms with Crippen molar-refractivity contribution in [3.8, 4) is 23.0 Å². The van der Waals surface area contributed by atoms with Crippen molar-refractivity contribution < 1.29 is 28.9 Å². The summed E-state index contributed by atoms with van der Waals surface area (Å²) in [6.45, 7) is 0.952. The van der Waals surface area contributed by atoms with Gasteiger partial charge in [-0.05, 0) is 36.4 Å². The summed E-state index contributed by atoms with van der Waals surface area (Å²) in [7, 11) is 0. The molecule has 0 spiro atoms. The molecule has 7 nitrogen and oxygen atoms in total. The van der Waals surface area contributed by atoms with E-state index in [4.69, 9.17) is 14.2 Å². The Morgan fingerprint density at radius 1 is 0.862 bits per heavy atom. The predicted octanol–water partition coefficient (Wildman–Crippen LogP) is 4.20. The van der Waals surface area contributed by atoms with E-state index in [1.165, 1.54) is 18.2 Å². The fourth-order valence-corrected chi connectivity index (χ4v) is 2.88. The lowest BCUT2D eigenvalue weighted by molar-refractivity contribution is 0.0698. The van der Waals surface area contributed by atoms with Crippen LogP contribution in [0.3, 0.4) is 0 Å². The van der Waals surface area contributed by atoms with E-state index in [1.807, 2.05) is 0 Å². The van der Waals surface area contributed by atoms with Crippen molar-refractivity contribution in [2.45, 2.75) is 0 Å². The smallest absolute Gasteiger partial charge is 0.337 e. The fraction of sp³-hybridized carbons (Fsp3) is 0.0909. The van der Waals surface area contributed by atoms with Gasteiger partial charge in [0, 0.05) is 17.7 Å². The van der Waals surface area contributed by atoms with E-state index in [2.05, 4.69) is 5.32 Å². The standard InChI is InChI=1S/C22H17NO6/c24-21(14-4-2-1-3-5-14)23-18-12-15(6-8-17(18)22(25)26)29-16-7-9-19-20(13-16)28-11-10-27-19/h1-9,12-13H,10-11H2,(H,23,24)(H,25,26). The second kappa shape index (κ2) is 7.93. The van der Waals surface area contributed by atoms with Gasteiger partial charge in [-0.15, -0.1) is 0 Å². The summed E-state index contributed by atoms with van der Waals surface area (Å²) in [6, 6.07) is 18.1. The van der Waals surface area contributed by atoms with E-state index >= 15 is 0 Å². The number of benzene rings is 3. The highest BCUT2D eigenvalue weighted by Crippen LogP contribution is 2.36. The van der Waals surface area contributed by atoms with Crippen molar-refractivity contribution in [2.24, 2.45) is 0 Å². The number of aromatic carboxylic acids is 1. The largest absolute Gasteiger partial charge is 0.486 e. The highest BCUT2D eigenvalue weighted by atomic mass is 16.6. The molecule has 1 heterocycles. The van der Waals surface area contributed by atoms with Gasteiger partial charge in [0.05, 0.1) is 11.3 Å². The number of carbonyl (C=O) groups excluding carboxylic acids is 1. The zero-order chi connectivity index (χ0) is 20.2. The van der Waals surface area contributed by atoms with Crippen LogP contribution < -0.4 is 19.5 Å². The number of rotatable bonds is 5. The third kappa shape index (κ3) is 4.14. The molecule has 0 fully saturated rings. The zero-order valence-corrected chi connectivity index (χ0v) is 15.3. The summed E-state index contributed by atoms with van der Waals surface area (Å²) in [4.78, 5) is 24.0. The Bertz CT molecular complexity index is 1060. The summed E-state index contributed by atoms with van der Waals surface area (Å²) in [5, 5.41) is 12.1. The molecule has 1 amide bonds. The Morgan fingerprint density at radius 3 is 2.31 bits per heavy atom. The van der Waals surface area contributed by atoms with Crippen molar-refractivity contribution in [1.29, 1.82) is 0 Å². The number of fused-ring (bicyclic) bond motifs is 1. The SMILES string of the molecule is O=C(Nc1cc(Oc2ccc3c(c2)OCCO3)ccc1C(=O)O)c1ccccc1. The van der Waals surface area contributed by atoms with E-state index in [9.17, 15) is 14.7 Å². The number of ether oxygens (including phenoxy) is 3. The van der Waals surface area contributed by atoms with Gasteiger partial charge in [0.25, 0.3) is 5.91 Å². The van der Waals surface area contributed by atoms with Crippen LogP contribution in [0.1, 0.15) is 20.7 Å². The topological polar surface area (TPSA) is 94.1 Å². The van der Waals surface area contributed by atoms with Crippen LogP contribution in [-0.4, -0.2) is 30.2 Å². The molecule has 7 heteroatoms. The number of carboxylic acid groups (broad SMARTS) is 1. The predicted molar refractivity (Wildman–Crippen MR) is 105 cm³/mol. The molecule has 0 aromatic heterocycles. The molecule has 1 aliphatic rings. The average molecular weight is 391 g/mol. The van der Waals surface area contributed by atoms with Gasteiger partial charge in [-0.3, -0.25) is 4.79 Å². The van der Waals surface area contributed by atoms with Gasteiger partial charge in [0.15, 0.2) is 11.5 Å². The Kier molecular flexibility index (Phi) is 5.03. The lowest BCUT2D eigenvalue weighted by atomic mass is 10.1. The number of hydrogen-bond donors (Lipinski definition) is 2. The van der Waals surface area contributed by atoms with Gasteiger partial charge < -0.3 is 24.6 Å². The number of carboxylic acids is 1. The minimum Gasteiger partial charge on any atom is -0.486 e. The van der Waals surface area contributed by atoms with Crippen LogP contribution in [-0.2, 0) is 0 Å². The maximum atomic E-state index is 12.4. The monoisotopic (exact) mass is 391 g/mol. The first-order valence-electron chi connectivity index (χ1n) is 8.91. The van der Waals surface area contributed by atoms with Crippen molar-refractivity contribution in [3.05, 3.63) is 77.9 Å². The van der Waals surface area contributed by atoms with Crippen LogP contribution in [0.15, 0.2) is 66.7 Å². The van der Waals surface area contributed by atoms with Crippen molar-refractivity contribution >= 4 is 17.6 Å².